The first-order valence-corrected chi connectivity index (χ1v) is 7.25. The summed E-state index contributed by atoms with van der Waals surface area (Å²) in [6.07, 6.45) is 7.76. The zero-order valence-corrected chi connectivity index (χ0v) is 13.7. The highest BCUT2D eigenvalue weighted by atomic mass is 35.5. The van der Waals surface area contributed by atoms with Crippen molar-refractivity contribution >= 4 is 18.5 Å². The summed E-state index contributed by atoms with van der Waals surface area (Å²) in [5.41, 5.74) is 2.44. The molecule has 1 aromatic heterocycles. The minimum absolute atomic E-state index is 0. The van der Waals surface area contributed by atoms with Crippen LogP contribution in [0.5, 0.6) is 11.5 Å². The first kappa shape index (κ1) is 16.8. The molecule has 0 aliphatic rings. The number of allylic oxidation sites excluding steroid dienone is 1. The van der Waals surface area contributed by atoms with Gasteiger partial charge < -0.3 is 9.30 Å². The Morgan fingerprint density at radius 3 is 2.39 bits per heavy atom. The Balaban J connectivity index is 0.00000192. The van der Waals surface area contributed by atoms with Gasteiger partial charge in [-0.15, -0.1) is 12.4 Å². The largest absolute Gasteiger partial charge is 0.457 e. The molecule has 0 aliphatic heterocycles. The normalized spacial score (nSPS) is 10.9. The molecule has 3 aromatic rings. The summed E-state index contributed by atoms with van der Waals surface area (Å²) in [5, 5.41) is 0. The number of rotatable bonds is 5. The minimum Gasteiger partial charge on any atom is -0.457 e. The molecule has 0 aliphatic carbocycles. The van der Waals surface area contributed by atoms with E-state index in [4.69, 9.17) is 4.74 Å². The van der Waals surface area contributed by atoms with Crippen LogP contribution in [0.1, 0.15) is 12.5 Å². The van der Waals surface area contributed by atoms with E-state index in [0.29, 0.717) is 0 Å². The maximum atomic E-state index is 5.79. The summed E-state index contributed by atoms with van der Waals surface area (Å²) in [6, 6.07) is 17.9. The Hall–Kier alpha value is -2.52. The summed E-state index contributed by atoms with van der Waals surface area (Å²) < 4.78 is 7.84. The van der Waals surface area contributed by atoms with Crippen LogP contribution < -0.4 is 4.74 Å². The van der Waals surface area contributed by atoms with Crippen LogP contribution in [0.15, 0.2) is 78.9 Å². The van der Waals surface area contributed by atoms with Crippen LogP contribution in [0.2, 0.25) is 0 Å². The third-order valence-corrected chi connectivity index (χ3v) is 3.26. The monoisotopic (exact) mass is 326 g/mol. The summed E-state index contributed by atoms with van der Waals surface area (Å²) in [6.45, 7) is 2.97. The van der Waals surface area contributed by atoms with Crippen molar-refractivity contribution in [1.82, 2.24) is 9.55 Å². The molecule has 3 nitrogen and oxygen atoms in total. The van der Waals surface area contributed by atoms with E-state index in [0.717, 1.165) is 23.6 Å². The van der Waals surface area contributed by atoms with Gasteiger partial charge in [-0.1, -0.05) is 42.0 Å². The predicted molar refractivity (Wildman–Crippen MR) is 96.1 cm³/mol. The van der Waals surface area contributed by atoms with E-state index >= 15 is 0 Å². The molecule has 0 atom stereocenters. The molecule has 0 unspecified atom stereocenters. The van der Waals surface area contributed by atoms with Gasteiger partial charge in [-0.25, -0.2) is 4.98 Å². The lowest BCUT2D eigenvalue weighted by atomic mass is 10.1. The molecule has 0 spiro atoms. The molecule has 4 heteroatoms. The van der Waals surface area contributed by atoms with Gasteiger partial charge in [0.05, 0.1) is 6.33 Å². The van der Waals surface area contributed by atoms with E-state index in [1.54, 1.807) is 6.20 Å². The Morgan fingerprint density at radius 1 is 1.04 bits per heavy atom. The van der Waals surface area contributed by atoms with Crippen LogP contribution in [0.3, 0.4) is 0 Å². The van der Waals surface area contributed by atoms with Gasteiger partial charge in [-0.2, -0.15) is 0 Å². The smallest absolute Gasteiger partial charge is 0.127 e. The van der Waals surface area contributed by atoms with Crippen LogP contribution in [0.4, 0.5) is 0 Å². The number of nitrogens with zero attached hydrogens (tertiary/aromatic N) is 2. The lowest BCUT2D eigenvalue weighted by molar-refractivity contribution is 0.482. The lowest BCUT2D eigenvalue weighted by Crippen LogP contribution is -1.95. The molecule has 0 amide bonds. The van der Waals surface area contributed by atoms with Gasteiger partial charge in [0.15, 0.2) is 0 Å². The van der Waals surface area contributed by atoms with Crippen LogP contribution in [-0.2, 0) is 6.54 Å². The molecule has 3 rings (SSSR count). The number of para-hydroxylation sites is 1. The van der Waals surface area contributed by atoms with Crippen LogP contribution >= 0.6 is 12.4 Å². The molecule has 23 heavy (non-hydrogen) atoms. The molecule has 0 radical (unpaired) electrons. The summed E-state index contributed by atoms with van der Waals surface area (Å²) >= 11 is 0. The predicted octanol–water partition coefficient (Wildman–Crippen LogP) is 5.20. The van der Waals surface area contributed by atoms with Crippen LogP contribution in [-0.4, -0.2) is 9.55 Å². The maximum absolute atomic E-state index is 5.79. The Morgan fingerprint density at radius 2 is 1.74 bits per heavy atom. The third kappa shape index (κ3) is 5.01. The van der Waals surface area contributed by atoms with Crippen LogP contribution in [0.25, 0.3) is 6.08 Å². The Labute approximate surface area is 142 Å². The highest BCUT2D eigenvalue weighted by Gasteiger charge is 1.97. The molecule has 0 N–H and O–H groups in total. The quantitative estimate of drug-likeness (QED) is 0.644. The fourth-order valence-corrected chi connectivity index (χ4v) is 2.26. The Kier molecular flexibility index (Phi) is 6.01. The van der Waals surface area contributed by atoms with E-state index < -0.39 is 0 Å². The molecule has 118 valence electrons. The molecule has 2 aromatic carbocycles. The number of hydrogen-bond acceptors (Lipinski definition) is 2. The number of imidazole rings is 1. The van der Waals surface area contributed by atoms with Gasteiger partial charge in [-0.3, -0.25) is 0 Å². The SMILES string of the molecule is CC(=Cc1ccc(Oc2ccccc2)cc1)Cn1ccnc1.Cl. The van der Waals surface area contributed by atoms with Gasteiger partial charge in [0, 0.05) is 18.9 Å². The van der Waals surface area contributed by atoms with E-state index in [1.807, 2.05) is 55.0 Å². The summed E-state index contributed by atoms with van der Waals surface area (Å²) in [5.74, 6) is 1.69. The standard InChI is InChI=1S/C19H18N2O.ClH/c1-16(14-21-12-11-20-15-21)13-17-7-9-19(10-8-17)22-18-5-3-2-4-6-18;/h2-13,15H,14H2,1H3;1H. The van der Waals surface area contributed by atoms with Crippen molar-refractivity contribution in [3.05, 3.63) is 84.5 Å². The molecule has 1 heterocycles. The molecular formula is C19H19ClN2O. The van der Waals surface area contributed by atoms with Gasteiger partial charge >= 0.3 is 0 Å². The molecule has 0 saturated heterocycles. The average Bonchev–Trinajstić information content (AvgIpc) is 3.03. The van der Waals surface area contributed by atoms with Crippen molar-refractivity contribution in [3.8, 4) is 11.5 Å². The van der Waals surface area contributed by atoms with Crippen molar-refractivity contribution in [2.45, 2.75) is 13.5 Å². The first-order chi connectivity index (χ1) is 10.8. The van der Waals surface area contributed by atoms with E-state index in [1.165, 1.54) is 5.57 Å². The van der Waals surface area contributed by atoms with Crippen molar-refractivity contribution in [2.75, 3.05) is 0 Å². The highest BCUT2D eigenvalue weighted by Crippen LogP contribution is 2.21. The minimum atomic E-state index is 0. The number of hydrogen-bond donors (Lipinski definition) is 0. The second kappa shape index (κ2) is 8.20. The van der Waals surface area contributed by atoms with Crippen molar-refractivity contribution < 1.29 is 4.74 Å². The zero-order valence-electron chi connectivity index (χ0n) is 12.9. The van der Waals surface area contributed by atoms with Crippen molar-refractivity contribution in [1.29, 1.82) is 0 Å². The zero-order chi connectivity index (χ0) is 15.2. The Bertz CT molecular complexity index is 735. The summed E-state index contributed by atoms with van der Waals surface area (Å²) in [4.78, 5) is 4.05. The topological polar surface area (TPSA) is 27.1 Å². The van der Waals surface area contributed by atoms with Crippen LogP contribution in [0, 0.1) is 0 Å². The third-order valence-electron chi connectivity index (χ3n) is 3.26. The van der Waals surface area contributed by atoms with E-state index in [9.17, 15) is 0 Å². The van der Waals surface area contributed by atoms with Gasteiger partial charge in [0.25, 0.3) is 0 Å². The fraction of sp³-hybridized carbons (Fsp3) is 0.105. The first-order valence-electron chi connectivity index (χ1n) is 7.25. The number of aromatic nitrogens is 2. The molecule has 0 fully saturated rings. The number of benzene rings is 2. The molecular weight excluding hydrogens is 308 g/mol. The van der Waals surface area contributed by atoms with E-state index in [2.05, 4.69) is 34.7 Å². The number of halogens is 1. The average molecular weight is 327 g/mol. The second-order valence-corrected chi connectivity index (χ2v) is 5.21. The van der Waals surface area contributed by atoms with Gasteiger partial charge in [0.2, 0.25) is 0 Å². The molecule has 0 saturated carbocycles. The fourth-order valence-electron chi connectivity index (χ4n) is 2.26. The maximum Gasteiger partial charge on any atom is 0.127 e. The van der Waals surface area contributed by atoms with E-state index in [-0.39, 0.29) is 12.4 Å². The second-order valence-electron chi connectivity index (χ2n) is 5.21. The highest BCUT2D eigenvalue weighted by molar-refractivity contribution is 5.85. The van der Waals surface area contributed by atoms with Crippen molar-refractivity contribution in [2.24, 2.45) is 0 Å². The van der Waals surface area contributed by atoms with Gasteiger partial charge in [0.1, 0.15) is 11.5 Å². The number of ether oxygens (including phenoxy) is 1. The molecule has 0 bridgehead atoms. The van der Waals surface area contributed by atoms with Crippen molar-refractivity contribution in [3.63, 3.8) is 0 Å². The lowest BCUT2D eigenvalue weighted by Gasteiger charge is -2.06. The van der Waals surface area contributed by atoms with Gasteiger partial charge in [-0.05, 0) is 36.8 Å². The summed E-state index contributed by atoms with van der Waals surface area (Å²) in [7, 11) is 0.